The van der Waals surface area contributed by atoms with Crippen LogP contribution in [0.15, 0.2) is 12.1 Å². The third-order valence-corrected chi connectivity index (χ3v) is 2.47. The second kappa shape index (κ2) is 4.67. The highest BCUT2D eigenvalue weighted by Gasteiger charge is 2.19. The molecule has 15 heavy (non-hydrogen) atoms. The number of hydrogen-bond acceptors (Lipinski definition) is 2. The monoisotopic (exact) mass is 226 g/mol. The van der Waals surface area contributed by atoms with Crippen molar-refractivity contribution >= 4 is 17.4 Å². The van der Waals surface area contributed by atoms with Crippen LogP contribution in [0.2, 0.25) is 0 Å². The number of hydrogen-bond donors (Lipinski definition) is 0. The maximum atomic E-state index is 11.8. The topological polar surface area (TPSA) is 26.3 Å². The summed E-state index contributed by atoms with van der Waals surface area (Å²) in [6.07, 6.45) is 0. The van der Waals surface area contributed by atoms with Crippen molar-refractivity contribution in [2.24, 2.45) is 0 Å². The van der Waals surface area contributed by atoms with Crippen molar-refractivity contribution in [2.45, 2.75) is 26.1 Å². The predicted octanol–water partition coefficient (Wildman–Crippen LogP) is 3.12. The fourth-order valence-corrected chi connectivity index (χ4v) is 1.71. The number of carbonyl (C=O) groups excluding carboxylic acids is 1. The molecule has 0 N–H and O–H groups in total. The van der Waals surface area contributed by atoms with Gasteiger partial charge in [-0.25, -0.2) is 0 Å². The van der Waals surface area contributed by atoms with Crippen LogP contribution in [0.4, 0.5) is 0 Å². The van der Waals surface area contributed by atoms with Gasteiger partial charge in [-0.15, -0.1) is 11.6 Å². The van der Waals surface area contributed by atoms with Crippen molar-refractivity contribution in [3.8, 4) is 5.75 Å². The molecule has 0 amide bonds. The average Bonchev–Trinajstić information content (AvgIpc) is 2.15. The fourth-order valence-electron chi connectivity index (χ4n) is 1.60. The Balaban J connectivity index is 3.33. The standard InChI is InChI=1S/C12H15ClO2/c1-7-5-8(2)11(10(6-7)15-4)12(14)9(3)13/h5-6,9H,1-4H3. The van der Waals surface area contributed by atoms with Gasteiger partial charge in [0.05, 0.1) is 18.1 Å². The van der Waals surface area contributed by atoms with E-state index in [9.17, 15) is 4.79 Å². The van der Waals surface area contributed by atoms with Crippen molar-refractivity contribution in [1.82, 2.24) is 0 Å². The largest absolute Gasteiger partial charge is 0.496 e. The Bertz CT molecular complexity index is 383. The number of carbonyl (C=O) groups is 1. The van der Waals surface area contributed by atoms with E-state index in [0.29, 0.717) is 11.3 Å². The molecule has 0 fully saturated rings. The third-order valence-electron chi connectivity index (χ3n) is 2.27. The van der Waals surface area contributed by atoms with Crippen molar-refractivity contribution in [1.29, 1.82) is 0 Å². The summed E-state index contributed by atoms with van der Waals surface area (Å²) in [5, 5.41) is -0.527. The molecule has 0 aliphatic heterocycles. The number of benzene rings is 1. The Morgan fingerprint density at radius 2 is 2.00 bits per heavy atom. The minimum atomic E-state index is -0.527. The summed E-state index contributed by atoms with van der Waals surface area (Å²) in [4.78, 5) is 11.8. The quantitative estimate of drug-likeness (QED) is 0.585. The minimum absolute atomic E-state index is 0.0917. The highest BCUT2D eigenvalue weighted by Crippen LogP contribution is 2.26. The highest BCUT2D eigenvalue weighted by molar-refractivity contribution is 6.34. The SMILES string of the molecule is COc1cc(C)cc(C)c1C(=O)C(C)Cl. The first-order chi connectivity index (χ1) is 6.97. The third kappa shape index (κ3) is 2.51. The summed E-state index contributed by atoms with van der Waals surface area (Å²) in [6.45, 7) is 5.53. The van der Waals surface area contributed by atoms with Gasteiger partial charge in [0.25, 0.3) is 0 Å². The molecule has 0 aliphatic carbocycles. The summed E-state index contributed by atoms with van der Waals surface area (Å²) in [5.41, 5.74) is 2.57. The summed E-state index contributed by atoms with van der Waals surface area (Å²) in [7, 11) is 1.56. The summed E-state index contributed by atoms with van der Waals surface area (Å²) >= 11 is 5.80. The second-order valence-electron chi connectivity index (χ2n) is 3.64. The van der Waals surface area contributed by atoms with Gasteiger partial charge in [0, 0.05) is 0 Å². The maximum Gasteiger partial charge on any atom is 0.184 e. The lowest BCUT2D eigenvalue weighted by atomic mass is 9.99. The fraction of sp³-hybridized carbons (Fsp3) is 0.417. The van der Waals surface area contributed by atoms with Gasteiger partial charge < -0.3 is 4.74 Å². The van der Waals surface area contributed by atoms with Gasteiger partial charge in [0.15, 0.2) is 5.78 Å². The highest BCUT2D eigenvalue weighted by atomic mass is 35.5. The van der Waals surface area contributed by atoms with Crippen molar-refractivity contribution < 1.29 is 9.53 Å². The predicted molar refractivity (Wildman–Crippen MR) is 62.1 cm³/mol. The molecule has 1 rings (SSSR count). The van der Waals surface area contributed by atoms with Crippen LogP contribution in [-0.2, 0) is 0 Å². The van der Waals surface area contributed by atoms with Crippen LogP contribution >= 0.6 is 11.6 Å². The molecule has 0 saturated heterocycles. The smallest absolute Gasteiger partial charge is 0.184 e. The molecule has 0 heterocycles. The number of methoxy groups -OCH3 is 1. The van der Waals surface area contributed by atoms with Gasteiger partial charge in [-0.05, 0) is 38.0 Å². The van der Waals surface area contributed by atoms with E-state index in [4.69, 9.17) is 16.3 Å². The van der Waals surface area contributed by atoms with E-state index in [2.05, 4.69) is 0 Å². The average molecular weight is 227 g/mol. The van der Waals surface area contributed by atoms with E-state index < -0.39 is 5.38 Å². The van der Waals surface area contributed by atoms with E-state index in [1.165, 1.54) is 0 Å². The molecule has 1 unspecified atom stereocenters. The molecule has 1 atom stereocenters. The van der Waals surface area contributed by atoms with E-state index in [-0.39, 0.29) is 5.78 Å². The molecular formula is C12H15ClO2. The lowest BCUT2D eigenvalue weighted by molar-refractivity contribution is 0.0988. The van der Waals surface area contributed by atoms with Crippen molar-refractivity contribution in [3.05, 3.63) is 28.8 Å². The number of rotatable bonds is 3. The molecule has 0 radical (unpaired) electrons. The summed E-state index contributed by atoms with van der Waals surface area (Å²) < 4.78 is 5.20. The lowest BCUT2D eigenvalue weighted by Crippen LogP contribution is -2.13. The number of ether oxygens (including phenoxy) is 1. The van der Waals surface area contributed by atoms with Crippen LogP contribution < -0.4 is 4.74 Å². The zero-order chi connectivity index (χ0) is 11.6. The molecule has 0 saturated carbocycles. The van der Waals surface area contributed by atoms with Gasteiger partial charge in [0.2, 0.25) is 0 Å². The van der Waals surface area contributed by atoms with Crippen LogP contribution in [0.5, 0.6) is 5.75 Å². The molecule has 2 nitrogen and oxygen atoms in total. The molecular weight excluding hydrogens is 212 g/mol. The van der Waals surface area contributed by atoms with Crippen LogP contribution in [0.1, 0.15) is 28.4 Å². The van der Waals surface area contributed by atoms with Gasteiger partial charge in [-0.2, -0.15) is 0 Å². The Morgan fingerprint density at radius 1 is 1.40 bits per heavy atom. The molecule has 1 aromatic carbocycles. The van der Waals surface area contributed by atoms with Gasteiger partial charge in [-0.1, -0.05) is 6.07 Å². The van der Waals surface area contributed by atoms with Gasteiger partial charge >= 0.3 is 0 Å². The lowest BCUT2D eigenvalue weighted by Gasteiger charge is -2.12. The first-order valence-corrected chi connectivity index (χ1v) is 5.24. The Labute approximate surface area is 95.2 Å². The number of alkyl halides is 1. The number of Topliss-reactive ketones (excluding diaryl/α,β-unsaturated/α-hetero) is 1. The molecule has 1 aromatic rings. The van der Waals surface area contributed by atoms with E-state index in [1.54, 1.807) is 14.0 Å². The zero-order valence-corrected chi connectivity index (χ0v) is 10.2. The molecule has 0 bridgehead atoms. The van der Waals surface area contributed by atoms with Crippen LogP contribution in [0.3, 0.4) is 0 Å². The Hall–Kier alpha value is -1.02. The minimum Gasteiger partial charge on any atom is -0.496 e. The summed E-state index contributed by atoms with van der Waals surface area (Å²) in [6, 6.07) is 3.80. The summed E-state index contributed by atoms with van der Waals surface area (Å²) in [5.74, 6) is 0.510. The van der Waals surface area contributed by atoms with Crippen LogP contribution in [-0.4, -0.2) is 18.3 Å². The van der Waals surface area contributed by atoms with Gasteiger partial charge in [-0.3, -0.25) is 4.79 Å². The first-order valence-electron chi connectivity index (χ1n) is 4.81. The Morgan fingerprint density at radius 3 is 2.47 bits per heavy atom. The normalized spacial score (nSPS) is 12.3. The Kier molecular flexibility index (Phi) is 3.75. The van der Waals surface area contributed by atoms with Crippen molar-refractivity contribution in [3.63, 3.8) is 0 Å². The zero-order valence-electron chi connectivity index (χ0n) is 9.43. The van der Waals surface area contributed by atoms with E-state index in [1.807, 2.05) is 26.0 Å². The van der Waals surface area contributed by atoms with Crippen LogP contribution in [0.25, 0.3) is 0 Å². The molecule has 0 spiro atoms. The van der Waals surface area contributed by atoms with E-state index in [0.717, 1.165) is 11.1 Å². The molecule has 0 aliphatic rings. The number of ketones is 1. The maximum absolute atomic E-state index is 11.8. The number of halogens is 1. The van der Waals surface area contributed by atoms with E-state index >= 15 is 0 Å². The second-order valence-corrected chi connectivity index (χ2v) is 4.29. The molecule has 0 aromatic heterocycles. The first kappa shape index (κ1) is 12.1. The number of aryl methyl sites for hydroxylation is 2. The van der Waals surface area contributed by atoms with Gasteiger partial charge in [0.1, 0.15) is 5.75 Å². The molecule has 3 heteroatoms. The van der Waals surface area contributed by atoms with Crippen LogP contribution in [0, 0.1) is 13.8 Å². The van der Waals surface area contributed by atoms with Crippen molar-refractivity contribution in [2.75, 3.05) is 7.11 Å². The molecule has 82 valence electrons.